The predicted octanol–water partition coefficient (Wildman–Crippen LogP) is 3.36. The van der Waals surface area contributed by atoms with Gasteiger partial charge in [-0.1, -0.05) is 17.7 Å². The fraction of sp³-hybridized carbons (Fsp3) is 0.0625. The van der Waals surface area contributed by atoms with Crippen LogP contribution in [0.2, 0.25) is 5.02 Å². The number of pyridine rings is 1. The summed E-state index contributed by atoms with van der Waals surface area (Å²) in [7, 11) is 0. The molecule has 1 aliphatic rings. The third-order valence-corrected chi connectivity index (χ3v) is 5.16. The molecular formula is C16H11ClN4O2S. The van der Waals surface area contributed by atoms with Crippen molar-refractivity contribution in [3.8, 4) is 11.8 Å². The van der Waals surface area contributed by atoms with Crippen LogP contribution in [0.25, 0.3) is 0 Å². The summed E-state index contributed by atoms with van der Waals surface area (Å²) in [6.45, 7) is 0.489. The average molecular weight is 359 g/mol. The molecule has 0 spiro atoms. The summed E-state index contributed by atoms with van der Waals surface area (Å²) in [5, 5.41) is 0.562. The first kappa shape index (κ1) is 15.2. The minimum atomic E-state index is -1.36. The predicted molar refractivity (Wildman–Crippen MR) is 90.4 cm³/mol. The molecule has 4 rings (SSSR count). The van der Waals surface area contributed by atoms with E-state index in [2.05, 4.69) is 15.0 Å². The van der Waals surface area contributed by atoms with Crippen LogP contribution >= 0.6 is 11.6 Å². The largest absolute Gasteiger partial charge is 0.588 e. The highest BCUT2D eigenvalue weighted by Crippen LogP contribution is 2.35. The molecule has 24 heavy (non-hydrogen) atoms. The Morgan fingerprint density at radius 3 is 2.96 bits per heavy atom. The van der Waals surface area contributed by atoms with Crippen LogP contribution < -0.4 is 9.04 Å². The Bertz CT molecular complexity index is 881. The molecule has 0 bridgehead atoms. The lowest BCUT2D eigenvalue weighted by Crippen LogP contribution is -2.24. The first-order chi connectivity index (χ1) is 11.7. The minimum Gasteiger partial charge on any atom is -0.588 e. The van der Waals surface area contributed by atoms with Gasteiger partial charge in [0.15, 0.2) is 10.7 Å². The molecule has 3 heterocycles. The van der Waals surface area contributed by atoms with Crippen molar-refractivity contribution in [2.24, 2.45) is 0 Å². The first-order valence-corrected chi connectivity index (χ1v) is 8.58. The van der Waals surface area contributed by atoms with E-state index >= 15 is 0 Å². The summed E-state index contributed by atoms with van der Waals surface area (Å²) >= 11 is 4.63. The highest BCUT2D eigenvalue weighted by Gasteiger charge is 2.35. The molecule has 0 saturated carbocycles. The number of anilines is 1. The summed E-state index contributed by atoms with van der Waals surface area (Å²) < 4.78 is 19.9. The van der Waals surface area contributed by atoms with Gasteiger partial charge in [-0.05, 0) is 18.2 Å². The highest BCUT2D eigenvalue weighted by molar-refractivity contribution is 7.93. The van der Waals surface area contributed by atoms with Crippen molar-refractivity contribution in [1.29, 1.82) is 0 Å². The van der Waals surface area contributed by atoms with E-state index in [1.807, 2.05) is 6.07 Å². The minimum absolute atomic E-state index is 0.173. The molecule has 0 saturated heterocycles. The first-order valence-electron chi connectivity index (χ1n) is 7.09. The SMILES string of the molecule is [O-][S+]1c2cc(Cl)ccc2CN1c1ccnc(Oc2cccnc2)n1. The molecule has 8 heteroatoms. The molecule has 1 aromatic carbocycles. The van der Waals surface area contributed by atoms with Crippen LogP contribution in [0.1, 0.15) is 5.56 Å². The molecule has 0 fully saturated rings. The number of benzene rings is 1. The fourth-order valence-corrected chi connectivity index (χ4v) is 3.94. The van der Waals surface area contributed by atoms with Crippen LogP contribution in [0, 0.1) is 0 Å². The normalized spacial score (nSPS) is 16.1. The van der Waals surface area contributed by atoms with Crippen LogP contribution in [0.4, 0.5) is 5.82 Å². The van der Waals surface area contributed by atoms with E-state index in [4.69, 9.17) is 16.3 Å². The Balaban J connectivity index is 1.60. The van der Waals surface area contributed by atoms with E-state index in [0.717, 1.165) is 5.56 Å². The highest BCUT2D eigenvalue weighted by atomic mass is 35.5. The Kier molecular flexibility index (Phi) is 3.97. The standard InChI is InChI=1S/C16H11ClN4O2S/c17-12-4-3-11-10-21(24(22)14(11)8-12)15-5-7-19-16(20-15)23-13-2-1-6-18-9-13/h1-9H,10H2. The van der Waals surface area contributed by atoms with Gasteiger partial charge in [0.2, 0.25) is 0 Å². The Labute approximate surface area is 146 Å². The molecule has 120 valence electrons. The van der Waals surface area contributed by atoms with Gasteiger partial charge >= 0.3 is 6.01 Å². The third-order valence-electron chi connectivity index (χ3n) is 3.45. The van der Waals surface area contributed by atoms with Crippen molar-refractivity contribution in [1.82, 2.24) is 15.0 Å². The molecule has 6 nitrogen and oxygen atoms in total. The van der Waals surface area contributed by atoms with Crippen molar-refractivity contribution in [2.75, 3.05) is 4.31 Å². The number of hydrogen-bond acceptors (Lipinski definition) is 6. The van der Waals surface area contributed by atoms with E-state index in [1.165, 1.54) is 0 Å². The number of fused-ring (bicyclic) bond motifs is 1. The molecular weight excluding hydrogens is 348 g/mol. The van der Waals surface area contributed by atoms with Gasteiger partial charge in [-0.2, -0.15) is 9.29 Å². The molecule has 1 atom stereocenters. The van der Waals surface area contributed by atoms with Gasteiger partial charge in [0, 0.05) is 35.1 Å². The molecule has 2 aromatic heterocycles. The van der Waals surface area contributed by atoms with Gasteiger partial charge in [0.1, 0.15) is 17.1 Å². The van der Waals surface area contributed by atoms with E-state index < -0.39 is 11.4 Å². The van der Waals surface area contributed by atoms with Gasteiger partial charge in [0.25, 0.3) is 0 Å². The van der Waals surface area contributed by atoms with Crippen molar-refractivity contribution < 1.29 is 9.29 Å². The fourth-order valence-electron chi connectivity index (χ4n) is 2.35. The summed E-state index contributed by atoms with van der Waals surface area (Å²) in [5.41, 5.74) is 0.964. The van der Waals surface area contributed by atoms with Crippen LogP contribution in [0.15, 0.2) is 59.9 Å². The van der Waals surface area contributed by atoms with Gasteiger partial charge in [-0.25, -0.2) is 4.98 Å². The van der Waals surface area contributed by atoms with E-state index in [-0.39, 0.29) is 6.01 Å². The van der Waals surface area contributed by atoms with Crippen molar-refractivity contribution in [2.45, 2.75) is 11.4 Å². The summed E-state index contributed by atoms with van der Waals surface area (Å²) in [6, 6.07) is 10.8. The zero-order valence-electron chi connectivity index (χ0n) is 12.3. The molecule has 0 aliphatic carbocycles. The maximum Gasteiger partial charge on any atom is 0.324 e. The second-order valence-corrected chi connectivity index (χ2v) is 6.84. The van der Waals surface area contributed by atoms with E-state index in [9.17, 15) is 4.55 Å². The average Bonchev–Trinajstić information content (AvgIpc) is 2.93. The maximum absolute atomic E-state index is 12.7. The van der Waals surface area contributed by atoms with Gasteiger partial charge < -0.3 is 9.29 Å². The maximum atomic E-state index is 12.7. The smallest absolute Gasteiger partial charge is 0.324 e. The number of nitrogens with zero attached hydrogens (tertiary/aromatic N) is 4. The van der Waals surface area contributed by atoms with Crippen LogP contribution in [-0.2, 0) is 17.9 Å². The molecule has 1 unspecified atom stereocenters. The van der Waals surface area contributed by atoms with E-state index in [1.54, 1.807) is 53.2 Å². The van der Waals surface area contributed by atoms with Crippen molar-refractivity contribution in [3.05, 3.63) is 65.6 Å². The zero-order chi connectivity index (χ0) is 16.5. The van der Waals surface area contributed by atoms with Gasteiger partial charge in [-0.15, -0.1) is 0 Å². The number of ether oxygens (including phenoxy) is 1. The summed E-state index contributed by atoms with van der Waals surface area (Å²) in [6.07, 6.45) is 4.79. The molecule has 3 aromatic rings. The third kappa shape index (κ3) is 2.89. The summed E-state index contributed by atoms with van der Waals surface area (Å²) in [4.78, 5) is 13.1. The quantitative estimate of drug-likeness (QED) is 0.668. The Morgan fingerprint density at radius 2 is 2.12 bits per heavy atom. The molecule has 0 N–H and O–H groups in total. The van der Waals surface area contributed by atoms with Crippen molar-refractivity contribution in [3.63, 3.8) is 0 Å². The molecule has 0 radical (unpaired) electrons. The lowest BCUT2D eigenvalue weighted by molar-refractivity contribution is 0.440. The van der Waals surface area contributed by atoms with Crippen molar-refractivity contribution >= 4 is 28.8 Å². The second-order valence-electron chi connectivity index (χ2n) is 5.03. The number of hydrogen-bond donors (Lipinski definition) is 0. The number of rotatable bonds is 3. The van der Waals surface area contributed by atoms with E-state index in [0.29, 0.717) is 28.0 Å². The number of halogens is 1. The van der Waals surface area contributed by atoms with Crippen LogP contribution in [-0.4, -0.2) is 19.5 Å². The lowest BCUT2D eigenvalue weighted by Gasteiger charge is -2.17. The second kappa shape index (κ2) is 6.27. The van der Waals surface area contributed by atoms with Gasteiger partial charge in [-0.3, -0.25) is 4.98 Å². The van der Waals surface area contributed by atoms with Gasteiger partial charge in [0.05, 0.1) is 12.7 Å². The zero-order valence-corrected chi connectivity index (χ0v) is 13.9. The lowest BCUT2D eigenvalue weighted by atomic mass is 10.2. The number of aromatic nitrogens is 3. The van der Waals surface area contributed by atoms with Crippen LogP contribution in [0.5, 0.6) is 11.8 Å². The Morgan fingerprint density at radius 1 is 1.21 bits per heavy atom. The van der Waals surface area contributed by atoms with Crippen LogP contribution in [0.3, 0.4) is 0 Å². The summed E-state index contributed by atoms with van der Waals surface area (Å²) in [5.74, 6) is 1.06. The molecule has 1 aliphatic heterocycles. The Hall–Kier alpha value is -2.35. The topological polar surface area (TPSA) is 74.2 Å². The molecule has 0 amide bonds. The monoisotopic (exact) mass is 358 g/mol.